The van der Waals surface area contributed by atoms with Crippen molar-refractivity contribution in [2.45, 2.75) is 40.2 Å². The van der Waals surface area contributed by atoms with Crippen molar-refractivity contribution in [3.63, 3.8) is 0 Å². The number of nitrogens with zero attached hydrogens (tertiary/aromatic N) is 1. The van der Waals surface area contributed by atoms with E-state index in [1.54, 1.807) is 6.07 Å². The SMILES string of the molecule is CCc1ccc(NC2=C(c3ccc(OC(C)C)cc3)C(=O)N(c3ccccc3C)C2=O)cc1. The predicted octanol–water partition coefficient (Wildman–Crippen LogP) is 5.74. The van der Waals surface area contributed by atoms with E-state index in [4.69, 9.17) is 4.74 Å². The molecule has 0 aliphatic carbocycles. The number of aryl methyl sites for hydroxylation is 2. The molecule has 3 aromatic rings. The first-order chi connectivity index (χ1) is 15.9. The molecule has 1 N–H and O–H groups in total. The average molecular weight is 441 g/mol. The molecule has 0 radical (unpaired) electrons. The molecule has 33 heavy (non-hydrogen) atoms. The van der Waals surface area contributed by atoms with Crippen LogP contribution in [-0.4, -0.2) is 17.9 Å². The quantitative estimate of drug-likeness (QED) is 0.476. The molecule has 3 aromatic carbocycles. The smallest absolute Gasteiger partial charge is 0.282 e. The molecule has 0 saturated carbocycles. The van der Waals surface area contributed by atoms with Crippen molar-refractivity contribution in [1.29, 1.82) is 0 Å². The van der Waals surface area contributed by atoms with Crippen molar-refractivity contribution in [2.75, 3.05) is 10.2 Å². The summed E-state index contributed by atoms with van der Waals surface area (Å²) in [6.45, 7) is 7.90. The third-order valence-electron chi connectivity index (χ3n) is 5.59. The highest BCUT2D eigenvalue weighted by atomic mass is 16.5. The summed E-state index contributed by atoms with van der Waals surface area (Å²) in [5, 5.41) is 3.22. The molecule has 5 nitrogen and oxygen atoms in total. The minimum Gasteiger partial charge on any atom is -0.491 e. The van der Waals surface area contributed by atoms with Crippen LogP contribution in [0, 0.1) is 6.92 Å². The highest BCUT2D eigenvalue weighted by Gasteiger charge is 2.40. The van der Waals surface area contributed by atoms with Gasteiger partial charge in [0.2, 0.25) is 0 Å². The molecule has 0 aromatic heterocycles. The van der Waals surface area contributed by atoms with Crippen LogP contribution < -0.4 is 15.0 Å². The van der Waals surface area contributed by atoms with Gasteiger partial charge in [0.15, 0.2) is 0 Å². The van der Waals surface area contributed by atoms with E-state index in [0.717, 1.165) is 17.7 Å². The summed E-state index contributed by atoms with van der Waals surface area (Å²) in [5.41, 5.74) is 4.67. The number of rotatable bonds is 7. The summed E-state index contributed by atoms with van der Waals surface area (Å²) in [6, 6.07) is 22.6. The molecule has 1 aliphatic heterocycles. The normalized spacial score (nSPS) is 13.8. The predicted molar refractivity (Wildman–Crippen MR) is 132 cm³/mol. The van der Waals surface area contributed by atoms with Crippen molar-refractivity contribution in [2.24, 2.45) is 0 Å². The van der Waals surface area contributed by atoms with Crippen LogP contribution >= 0.6 is 0 Å². The van der Waals surface area contributed by atoms with Crippen molar-refractivity contribution >= 4 is 28.8 Å². The molecule has 168 valence electrons. The Bertz CT molecular complexity index is 1210. The number of carbonyl (C=O) groups excluding carboxylic acids is 2. The second-order valence-electron chi connectivity index (χ2n) is 8.35. The summed E-state index contributed by atoms with van der Waals surface area (Å²) in [4.78, 5) is 28.4. The van der Waals surface area contributed by atoms with E-state index in [9.17, 15) is 9.59 Å². The fourth-order valence-electron chi connectivity index (χ4n) is 3.89. The zero-order valence-electron chi connectivity index (χ0n) is 19.4. The van der Waals surface area contributed by atoms with Crippen LogP contribution in [0.1, 0.15) is 37.5 Å². The van der Waals surface area contributed by atoms with E-state index in [2.05, 4.69) is 12.2 Å². The Balaban J connectivity index is 1.77. The van der Waals surface area contributed by atoms with Gasteiger partial charge in [0, 0.05) is 5.69 Å². The number of anilines is 2. The van der Waals surface area contributed by atoms with Crippen LogP contribution in [0.2, 0.25) is 0 Å². The molecule has 2 amide bonds. The molecule has 5 heteroatoms. The van der Waals surface area contributed by atoms with E-state index in [0.29, 0.717) is 22.6 Å². The topological polar surface area (TPSA) is 58.6 Å². The number of hydrogen-bond donors (Lipinski definition) is 1. The van der Waals surface area contributed by atoms with E-state index >= 15 is 0 Å². The van der Waals surface area contributed by atoms with E-state index in [-0.39, 0.29) is 23.6 Å². The third kappa shape index (κ3) is 4.53. The number of ether oxygens (including phenoxy) is 1. The Morgan fingerprint density at radius 1 is 0.879 bits per heavy atom. The van der Waals surface area contributed by atoms with Gasteiger partial charge in [-0.15, -0.1) is 0 Å². The largest absolute Gasteiger partial charge is 0.491 e. The van der Waals surface area contributed by atoms with Crippen LogP contribution in [0.5, 0.6) is 5.75 Å². The number of benzene rings is 3. The molecule has 1 heterocycles. The first-order valence-electron chi connectivity index (χ1n) is 11.2. The molecular weight excluding hydrogens is 412 g/mol. The summed E-state index contributed by atoms with van der Waals surface area (Å²) >= 11 is 0. The van der Waals surface area contributed by atoms with Gasteiger partial charge in [-0.1, -0.05) is 49.4 Å². The van der Waals surface area contributed by atoms with Crippen LogP contribution in [0.15, 0.2) is 78.5 Å². The first-order valence-corrected chi connectivity index (χ1v) is 11.2. The number of hydrogen-bond acceptors (Lipinski definition) is 4. The van der Waals surface area contributed by atoms with Crippen molar-refractivity contribution in [3.8, 4) is 5.75 Å². The summed E-state index contributed by atoms with van der Waals surface area (Å²) < 4.78 is 5.74. The fraction of sp³-hybridized carbons (Fsp3) is 0.214. The highest BCUT2D eigenvalue weighted by molar-refractivity contribution is 6.46. The van der Waals surface area contributed by atoms with Gasteiger partial charge in [-0.05, 0) is 74.2 Å². The average Bonchev–Trinajstić information content (AvgIpc) is 3.04. The van der Waals surface area contributed by atoms with E-state index in [1.807, 2.05) is 87.5 Å². The number of amides is 2. The zero-order chi connectivity index (χ0) is 23.5. The molecule has 0 fully saturated rings. The molecular formula is C28H28N2O3. The number of imide groups is 1. The molecule has 4 rings (SSSR count). The standard InChI is InChI=1S/C28H28N2O3/c1-5-20-10-14-22(15-11-20)29-26-25(21-12-16-23(17-13-21)33-18(2)3)27(31)30(28(26)32)24-9-7-6-8-19(24)4/h6-18,29H,5H2,1-4H3. The van der Waals surface area contributed by atoms with Gasteiger partial charge in [-0.3, -0.25) is 9.59 Å². The van der Waals surface area contributed by atoms with Crippen LogP contribution in [0.25, 0.3) is 5.57 Å². The third-order valence-corrected chi connectivity index (χ3v) is 5.59. The maximum absolute atomic E-state index is 13.6. The molecule has 1 aliphatic rings. The number of carbonyl (C=O) groups is 2. The zero-order valence-corrected chi connectivity index (χ0v) is 19.4. The van der Waals surface area contributed by atoms with Crippen LogP contribution in [-0.2, 0) is 16.0 Å². The monoisotopic (exact) mass is 440 g/mol. The second-order valence-corrected chi connectivity index (χ2v) is 8.35. The molecule has 0 spiro atoms. The van der Waals surface area contributed by atoms with Gasteiger partial charge in [0.1, 0.15) is 11.4 Å². The summed E-state index contributed by atoms with van der Waals surface area (Å²) in [6.07, 6.45) is 0.974. The molecule has 0 bridgehead atoms. The summed E-state index contributed by atoms with van der Waals surface area (Å²) in [5.74, 6) is -0.00238. The Kier molecular flexibility index (Phi) is 6.31. The lowest BCUT2D eigenvalue weighted by Gasteiger charge is -2.17. The van der Waals surface area contributed by atoms with Crippen LogP contribution in [0.4, 0.5) is 11.4 Å². The van der Waals surface area contributed by atoms with Gasteiger partial charge >= 0.3 is 0 Å². The first kappa shape index (κ1) is 22.3. The minimum absolute atomic E-state index is 0.0459. The molecule has 0 unspecified atom stereocenters. The second kappa shape index (κ2) is 9.33. The van der Waals surface area contributed by atoms with Gasteiger partial charge in [-0.2, -0.15) is 0 Å². The lowest BCUT2D eigenvalue weighted by Crippen LogP contribution is -2.33. The van der Waals surface area contributed by atoms with Crippen LogP contribution in [0.3, 0.4) is 0 Å². The van der Waals surface area contributed by atoms with Gasteiger partial charge in [-0.25, -0.2) is 4.90 Å². The Labute approximate surface area is 194 Å². The lowest BCUT2D eigenvalue weighted by atomic mass is 10.0. The number of nitrogens with one attached hydrogen (secondary N) is 1. The fourth-order valence-corrected chi connectivity index (χ4v) is 3.89. The molecule has 0 saturated heterocycles. The maximum Gasteiger partial charge on any atom is 0.282 e. The molecule has 0 atom stereocenters. The summed E-state index contributed by atoms with van der Waals surface area (Å²) in [7, 11) is 0. The lowest BCUT2D eigenvalue weighted by molar-refractivity contribution is -0.120. The Hall–Kier alpha value is -3.86. The van der Waals surface area contributed by atoms with E-state index in [1.165, 1.54) is 10.5 Å². The van der Waals surface area contributed by atoms with Gasteiger partial charge in [0.05, 0.1) is 17.4 Å². The Morgan fingerprint density at radius 3 is 2.15 bits per heavy atom. The maximum atomic E-state index is 13.6. The van der Waals surface area contributed by atoms with Gasteiger partial charge < -0.3 is 10.1 Å². The minimum atomic E-state index is -0.369. The van der Waals surface area contributed by atoms with Gasteiger partial charge in [0.25, 0.3) is 11.8 Å². The van der Waals surface area contributed by atoms with Crippen molar-refractivity contribution in [3.05, 3.63) is 95.2 Å². The Morgan fingerprint density at radius 2 is 1.55 bits per heavy atom. The van der Waals surface area contributed by atoms with Crippen molar-refractivity contribution < 1.29 is 14.3 Å². The van der Waals surface area contributed by atoms with Crippen molar-refractivity contribution in [1.82, 2.24) is 0 Å². The highest BCUT2D eigenvalue weighted by Crippen LogP contribution is 2.35. The number of para-hydroxylation sites is 1. The van der Waals surface area contributed by atoms with E-state index < -0.39 is 0 Å².